The van der Waals surface area contributed by atoms with E-state index in [1.54, 1.807) is 11.8 Å². The van der Waals surface area contributed by atoms with Crippen molar-refractivity contribution < 1.29 is 4.79 Å². The lowest BCUT2D eigenvalue weighted by atomic mass is 10.1. The molecule has 0 spiro atoms. The fourth-order valence-electron chi connectivity index (χ4n) is 1.27. The van der Waals surface area contributed by atoms with Crippen molar-refractivity contribution in [3.63, 3.8) is 0 Å². The minimum absolute atomic E-state index is 0.0113. The van der Waals surface area contributed by atoms with E-state index in [-0.39, 0.29) is 5.91 Å². The zero-order valence-electron chi connectivity index (χ0n) is 10.4. The first-order valence-corrected chi connectivity index (χ1v) is 7.75. The van der Waals surface area contributed by atoms with Crippen LogP contribution in [0.4, 0.5) is 0 Å². The quantitative estimate of drug-likeness (QED) is 0.665. The van der Waals surface area contributed by atoms with E-state index < -0.39 is 0 Å². The zero-order valence-corrected chi connectivity index (χ0v) is 12.8. The van der Waals surface area contributed by atoms with Crippen molar-refractivity contribution >= 4 is 33.6 Å². The Morgan fingerprint density at radius 2 is 1.94 bits per heavy atom. The van der Waals surface area contributed by atoms with Crippen LogP contribution in [0.15, 0.2) is 29.2 Å². The molecular formula is C13H18BrNOS. The Morgan fingerprint density at radius 1 is 1.35 bits per heavy atom. The second kappa shape index (κ2) is 7.07. The average Bonchev–Trinajstić information content (AvgIpc) is 2.35. The molecule has 0 aliphatic heterocycles. The Morgan fingerprint density at radius 3 is 2.41 bits per heavy atom. The molecule has 17 heavy (non-hydrogen) atoms. The topological polar surface area (TPSA) is 29.1 Å². The lowest BCUT2D eigenvalue weighted by Crippen LogP contribution is -2.31. The van der Waals surface area contributed by atoms with Gasteiger partial charge in [-0.3, -0.25) is 4.79 Å². The number of benzene rings is 1. The first-order valence-electron chi connectivity index (χ1n) is 5.61. The van der Waals surface area contributed by atoms with Crippen molar-refractivity contribution in [2.24, 2.45) is 5.92 Å². The Bertz CT molecular complexity index is 364. The smallest absolute Gasteiger partial charge is 0.251 e. The number of carbonyl (C=O) groups is 1. The summed E-state index contributed by atoms with van der Waals surface area (Å²) in [5.41, 5.74) is 0.714. The first-order chi connectivity index (χ1) is 8.04. The van der Waals surface area contributed by atoms with Gasteiger partial charge in [0.1, 0.15) is 0 Å². The van der Waals surface area contributed by atoms with Crippen LogP contribution in [0, 0.1) is 5.92 Å². The monoisotopic (exact) mass is 315 g/mol. The summed E-state index contributed by atoms with van der Waals surface area (Å²) in [4.78, 5) is 13.3. The van der Waals surface area contributed by atoms with Crippen LogP contribution in [0.5, 0.6) is 0 Å². The number of carbonyl (C=O) groups excluding carboxylic acids is 1. The van der Waals surface area contributed by atoms with E-state index >= 15 is 0 Å². The number of alkyl halides is 1. The molecule has 0 aliphatic carbocycles. The van der Waals surface area contributed by atoms with Crippen molar-refractivity contribution in [1.29, 1.82) is 0 Å². The lowest BCUT2D eigenvalue weighted by molar-refractivity contribution is 0.0953. The number of hydrogen-bond acceptors (Lipinski definition) is 2. The third kappa shape index (κ3) is 4.72. The number of rotatable bonds is 5. The van der Waals surface area contributed by atoms with Gasteiger partial charge >= 0.3 is 0 Å². The van der Waals surface area contributed by atoms with Crippen molar-refractivity contribution in [2.75, 3.05) is 12.8 Å². The molecule has 2 nitrogen and oxygen atoms in total. The van der Waals surface area contributed by atoms with Gasteiger partial charge in [0.05, 0.1) is 0 Å². The summed E-state index contributed by atoms with van der Waals surface area (Å²) in [6.45, 7) is 4.90. The predicted molar refractivity (Wildman–Crippen MR) is 78.1 cm³/mol. The van der Waals surface area contributed by atoms with Crippen LogP contribution in [0.3, 0.4) is 0 Å². The normalized spacial score (nSPS) is 12.5. The van der Waals surface area contributed by atoms with E-state index in [4.69, 9.17) is 0 Å². The first kappa shape index (κ1) is 14.6. The molecule has 94 valence electrons. The van der Waals surface area contributed by atoms with Crippen LogP contribution in [0.25, 0.3) is 0 Å². The lowest BCUT2D eigenvalue weighted by Gasteiger charge is -2.14. The molecule has 0 saturated carbocycles. The largest absolute Gasteiger partial charge is 0.351 e. The summed E-state index contributed by atoms with van der Waals surface area (Å²) >= 11 is 5.22. The van der Waals surface area contributed by atoms with Gasteiger partial charge in [0, 0.05) is 21.8 Å². The van der Waals surface area contributed by atoms with Crippen molar-refractivity contribution in [3.8, 4) is 0 Å². The molecule has 0 radical (unpaired) electrons. The minimum Gasteiger partial charge on any atom is -0.351 e. The van der Waals surface area contributed by atoms with E-state index in [9.17, 15) is 4.79 Å². The van der Waals surface area contributed by atoms with Crippen molar-refractivity contribution in [3.05, 3.63) is 29.8 Å². The Kier molecular flexibility index (Phi) is 6.06. The molecule has 1 aromatic carbocycles. The van der Waals surface area contributed by atoms with Gasteiger partial charge in [0.25, 0.3) is 5.91 Å². The maximum atomic E-state index is 11.8. The molecule has 0 heterocycles. The van der Waals surface area contributed by atoms with Gasteiger partial charge in [-0.2, -0.15) is 0 Å². The van der Waals surface area contributed by atoms with Gasteiger partial charge in [-0.05, 0) is 36.4 Å². The van der Waals surface area contributed by atoms with Gasteiger partial charge in [-0.15, -0.1) is 11.8 Å². The van der Waals surface area contributed by atoms with E-state index in [0.29, 0.717) is 22.9 Å². The molecule has 1 unspecified atom stereocenters. The van der Waals surface area contributed by atoms with E-state index in [2.05, 4.69) is 35.1 Å². The van der Waals surface area contributed by atoms with E-state index in [0.717, 1.165) is 0 Å². The van der Waals surface area contributed by atoms with Gasteiger partial charge in [0.15, 0.2) is 0 Å². The molecule has 1 amide bonds. The molecule has 1 aromatic rings. The van der Waals surface area contributed by atoms with Gasteiger partial charge in [-0.1, -0.05) is 29.8 Å². The molecule has 0 fully saturated rings. The molecule has 1 atom stereocenters. The summed E-state index contributed by atoms with van der Waals surface area (Å²) < 4.78 is 0. The molecule has 1 rings (SSSR count). The Balaban J connectivity index is 2.52. The Hall–Kier alpha value is -0.480. The average molecular weight is 316 g/mol. The summed E-state index contributed by atoms with van der Waals surface area (Å²) in [5.74, 6) is 0.497. The number of amides is 1. The summed E-state index contributed by atoms with van der Waals surface area (Å²) in [6, 6.07) is 7.65. The second-order valence-corrected chi connectivity index (χ2v) is 6.25. The summed E-state index contributed by atoms with van der Waals surface area (Å²) in [6.07, 6.45) is 2.02. The molecule has 4 heteroatoms. The van der Waals surface area contributed by atoms with Crippen LogP contribution >= 0.6 is 27.7 Å². The van der Waals surface area contributed by atoms with Crippen LogP contribution in [0.2, 0.25) is 0 Å². The number of thioether (sulfide) groups is 1. The fourth-order valence-corrected chi connectivity index (χ4v) is 1.84. The molecule has 0 aromatic heterocycles. The number of nitrogens with one attached hydrogen (secondary N) is 1. The summed E-state index contributed by atoms with van der Waals surface area (Å²) in [7, 11) is 0. The molecule has 0 aliphatic rings. The standard InChI is InChI=1S/C13H18BrNOS/c1-9(2)12(14)8-15-13(16)10-4-6-11(17-3)7-5-10/h4-7,9,12H,8H2,1-3H3,(H,15,16). The van der Waals surface area contributed by atoms with Crippen molar-refractivity contribution in [2.45, 2.75) is 23.6 Å². The molecule has 1 N–H and O–H groups in total. The number of hydrogen-bond donors (Lipinski definition) is 1. The van der Waals surface area contributed by atoms with Crippen LogP contribution in [0.1, 0.15) is 24.2 Å². The molecular weight excluding hydrogens is 298 g/mol. The van der Waals surface area contributed by atoms with E-state index in [1.165, 1.54) is 4.90 Å². The fraction of sp³-hybridized carbons (Fsp3) is 0.462. The van der Waals surface area contributed by atoms with Crippen molar-refractivity contribution in [1.82, 2.24) is 5.32 Å². The van der Waals surface area contributed by atoms with Gasteiger partial charge in [-0.25, -0.2) is 0 Å². The zero-order chi connectivity index (χ0) is 12.8. The van der Waals surface area contributed by atoms with Gasteiger partial charge in [0.2, 0.25) is 0 Å². The number of halogens is 1. The highest BCUT2D eigenvalue weighted by atomic mass is 79.9. The maximum Gasteiger partial charge on any atom is 0.251 e. The third-order valence-electron chi connectivity index (χ3n) is 2.53. The van der Waals surface area contributed by atoms with Crippen LogP contribution < -0.4 is 5.32 Å². The SMILES string of the molecule is CSc1ccc(C(=O)NCC(Br)C(C)C)cc1. The predicted octanol–water partition coefficient (Wildman–Crippen LogP) is 3.56. The van der Waals surface area contributed by atoms with Gasteiger partial charge < -0.3 is 5.32 Å². The minimum atomic E-state index is -0.0113. The second-order valence-electron chi connectivity index (χ2n) is 4.20. The van der Waals surface area contributed by atoms with Crippen LogP contribution in [-0.2, 0) is 0 Å². The molecule has 0 saturated heterocycles. The Labute approximate surface area is 116 Å². The third-order valence-corrected chi connectivity index (χ3v) is 4.66. The van der Waals surface area contributed by atoms with E-state index in [1.807, 2.05) is 30.5 Å². The maximum absolute atomic E-state index is 11.8. The highest BCUT2D eigenvalue weighted by Crippen LogP contribution is 2.15. The summed E-state index contributed by atoms with van der Waals surface area (Å²) in [5, 5.41) is 2.92. The highest BCUT2D eigenvalue weighted by Gasteiger charge is 2.11. The highest BCUT2D eigenvalue weighted by molar-refractivity contribution is 9.09. The molecule has 0 bridgehead atoms. The van der Waals surface area contributed by atoms with Crippen LogP contribution in [-0.4, -0.2) is 23.5 Å².